The Morgan fingerprint density at radius 3 is 2.27 bits per heavy atom. The van der Waals surface area contributed by atoms with Crippen LogP contribution in [-0.2, 0) is 0 Å². The minimum absolute atomic E-state index is 0.568. The van der Waals surface area contributed by atoms with Crippen molar-refractivity contribution < 1.29 is 5.11 Å². The zero-order valence-corrected chi connectivity index (χ0v) is 11.0. The summed E-state index contributed by atoms with van der Waals surface area (Å²) in [4.78, 5) is 2.34. The highest BCUT2D eigenvalue weighted by Crippen LogP contribution is 2.31. The van der Waals surface area contributed by atoms with Crippen LogP contribution in [0.3, 0.4) is 0 Å². The van der Waals surface area contributed by atoms with Crippen molar-refractivity contribution in [3.05, 3.63) is 0 Å². The first kappa shape index (κ1) is 13.0. The number of rotatable bonds is 3. The first-order valence-corrected chi connectivity index (χ1v) is 6.22. The lowest BCUT2D eigenvalue weighted by atomic mass is 9.78. The molecule has 1 N–H and O–H groups in total. The molecule has 0 spiro atoms. The van der Waals surface area contributed by atoms with Gasteiger partial charge in [0.1, 0.15) is 0 Å². The van der Waals surface area contributed by atoms with E-state index in [-0.39, 0.29) is 0 Å². The minimum atomic E-state index is -0.568. The third kappa shape index (κ3) is 4.12. The van der Waals surface area contributed by atoms with Crippen molar-refractivity contribution in [1.82, 2.24) is 4.90 Å². The van der Waals surface area contributed by atoms with Gasteiger partial charge >= 0.3 is 0 Å². The van der Waals surface area contributed by atoms with Crippen LogP contribution in [0.5, 0.6) is 0 Å². The molecule has 1 aliphatic carbocycles. The molecule has 3 unspecified atom stereocenters. The van der Waals surface area contributed by atoms with Crippen LogP contribution in [0.4, 0.5) is 0 Å². The second-order valence-electron chi connectivity index (χ2n) is 6.15. The SMILES string of the molecule is CC1CCC(N(C)CC(C)(C)O)CC1C. The van der Waals surface area contributed by atoms with E-state index >= 15 is 0 Å². The predicted octanol–water partition coefficient (Wildman–Crippen LogP) is 2.51. The van der Waals surface area contributed by atoms with Gasteiger partial charge in [-0.25, -0.2) is 0 Å². The Labute approximate surface area is 94.7 Å². The molecular weight excluding hydrogens is 186 g/mol. The summed E-state index contributed by atoms with van der Waals surface area (Å²) in [7, 11) is 2.14. The molecule has 0 aromatic heterocycles. The van der Waals surface area contributed by atoms with Crippen molar-refractivity contribution in [3.8, 4) is 0 Å². The summed E-state index contributed by atoms with van der Waals surface area (Å²) in [6.07, 6.45) is 3.91. The lowest BCUT2D eigenvalue weighted by molar-refractivity contribution is 0.0173. The van der Waals surface area contributed by atoms with Crippen LogP contribution in [0.1, 0.15) is 47.0 Å². The van der Waals surface area contributed by atoms with Gasteiger partial charge in [-0.2, -0.15) is 0 Å². The fraction of sp³-hybridized carbons (Fsp3) is 1.00. The molecular formula is C13H27NO. The topological polar surface area (TPSA) is 23.5 Å². The maximum absolute atomic E-state index is 9.79. The van der Waals surface area contributed by atoms with Crippen LogP contribution in [0.15, 0.2) is 0 Å². The monoisotopic (exact) mass is 213 g/mol. The van der Waals surface area contributed by atoms with Gasteiger partial charge in [-0.05, 0) is 52.0 Å². The molecule has 1 saturated carbocycles. The Kier molecular flexibility index (Phi) is 4.19. The third-order valence-corrected chi connectivity index (χ3v) is 3.83. The van der Waals surface area contributed by atoms with Gasteiger partial charge in [0, 0.05) is 12.6 Å². The van der Waals surface area contributed by atoms with Gasteiger partial charge in [0.05, 0.1) is 5.60 Å². The van der Waals surface area contributed by atoms with Crippen LogP contribution in [-0.4, -0.2) is 35.2 Å². The van der Waals surface area contributed by atoms with Crippen molar-refractivity contribution >= 4 is 0 Å². The van der Waals surface area contributed by atoms with Gasteiger partial charge in [0.15, 0.2) is 0 Å². The number of hydrogen-bond acceptors (Lipinski definition) is 2. The van der Waals surface area contributed by atoms with Gasteiger partial charge in [0.25, 0.3) is 0 Å². The van der Waals surface area contributed by atoms with E-state index in [0.717, 1.165) is 18.4 Å². The molecule has 0 aromatic carbocycles. The Balaban J connectivity index is 2.44. The summed E-state index contributed by atoms with van der Waals surface area (Å²) in [5, 5.41) is 9.79. The Morgan fingerprint density at radius 2 is 1.80 bits per heavy atom. The molecule has 1 aliphatic rings. The van der Waals surface area contributed by atoms with E-state index in [4.69, 9.17) is 0 Å². The summed E-state index contributed by atoms with van der Waals surface area (Å²) in [5.41, 5.74) is -0.568. The lowest BCUT2D eigenvalue weighted by Gasteiger charge is -2.39. The average Bonchev–Trinajstić information content (AvgIpc) is 2.06. The molecule has 1 fully saturated rings. The number of likely N-dealkylation sites (N-methyl/N-ethyl adjacent to an activating group) is 1. The maximum atomic E-state index is 9.79. The van der Waals surface area contributed by atoms with E-state index in [1.165, 1.54) is 19.3 Å². The Morgan fingerprint density at radius 1 is 1.20 bits per heavy atom. The summed E-state index contributed by atoms with van der Waals surface area (Å²) < 4.78 is 0. The van der Waals surface area contributed by atoms with Gasteiger partial charge in [-0.3, -0.25) is 0 Å². The van der Waals surface area contributed by atoms with Crippen LogP contribution >= 0.6 is 0 Å². The lowest BCUT2D eigenvalue weighted by Crippen LogP contribution is -2.44. The summed E-state index contributed by atoms with van der Waals surface area (Å²) in [5.74, 6) is 1.70. The smallest absolute Gasteiger partial charge is 0.0718 e. The number of aliphatic hydroxyl groups is 1. The number of nitrogens with zero attached hydrogens (tertiary/aromatic N) is 1. The zero-order chi connectivity index (χ0) is 11.6. The van der Waals surface area contributed by atoms with Crippen molar-refractivity contribution in [3.63, 3.8) is 0 Å². The predicted molar refractivity (Wildman–Crippen MR) is 64.9 cm³/mol. The quantitative estimate of drug-likeness (QED) is 0.778. The molecule has 3 atom stereocenters. The summed E-state index contributed by atoms with van der Waals surface area (Å²) in [6.45, 7) is 9.27. The Bertz CT molecular complexity index is 197. The first-order chi connectivity index (χ1) is 6.79. The Hall–Kier alpha value is -0.0800. The molecule has 0 saturated heterocycles. The first-order valence-electron chi connectivity index (χ1n) is 6.22. The molecule has 0 bridgehead atoms. The fourth-order valence-corrected chi connectivity index (χ4v) is 2.66. The standard InChI is InChI=1S/C13H27NO/c1-10-6-7-12(8-11(10)2)14(5)9-13(3,4)15/h10-12,15H,6-9H2,1-5H3. The largest absolute Gasteiger partial charge is 0.389 e. The second kappa shape index (κ2) is 4.84. The highest BCUT2D eigenvalue weighted by atomic mass is 16.3. The van der Waals surface area contributed by atoms with Crippen LogP contribution in [0, 0.1) is 11.8 Å². The van der Waals surface area contributed by atoms with Crippen molar-refractivity contribution in [2.45, 2.75) is 58.6 Å². The highest BCUT2D eigenvalue weighted by molar-refractivity contribution is 4.83. The number of hydrogen-bond donors (Lipinski definition) is 1. The summed E-state index contributed by atoms with van der Waals surface area (Å²) in [6, 6.07) is 0.669. The average molecular weight is 213 g/mol. The summed E-state index contributed by atoms with van der Waals surface area (Å²) >= 11 is 0. The molecule has 2 nitrogen and oxygen atoms in total. The van der Waals surface area contributed by atoms with Crippen molar-refractivity contribution in [2.24, 2.45) is 11.8 Å². The molecule has 2 heteroatoms. The third-order valence-electron chi connectivity index (χ3n) is 3.83. The maximum Gasteiger partial charge on any atom is 0.0718 e. The molecule has 0 radical (unpaired) electrons. The molecule has 0 aliphatic heterocycles. The van der Waals surface area contributed by atoms with Gasteiger partial charge < -0.3 is 10.0 Å². The van der Waals surface area contributed by atoms with Crippen molar-refractivity contribution in [1.29, 1.82) is 0 Å². The van der Waals surface area contributed by atoms with E-state index < -0.39 is 5.60 Å². The van der Waals surface area contributed by atoms with Crippen LogP contribution in [0.2, 0.25) is 0 Å². The molecule has 90 valence electrons. The normalized spacial score (nSPS) is 33.4. The van der Waals surface area contributed by atoms with E-state index in [1.807, 2.05) is 13.8 Å². The van der Waals surface area contributed by atoms with Gasteiger partial charge in [0.2, 0.25) is 0 Å². The van der Waals surface area contributed by atoms with Crippen molar-refractivity contribution in [2.75, 3.05) is 13.6 Å². The van der Waals surface area contributed by atoms with Crippen LogP contribution < -0.4 is 0 Å². The van der Waals surface area contributed by atoms with Gasteiger partial charge in [-0.15, -0.1) is 0 Å². The molecule has 1 rings (SSSR count). The van der Waals surface area contributed by atoms with Gasteiger partial charge in [-0.1, -0.05) is 13.8 Å². The molecule has 0 heterocycles. The second-order valence-corrected chi connectivity index (χ2v) is 6.15. The van der Waals surface area contributed by atoms with E-state index in [1.54, 1.807) is 0 Å². The molecule has 0 aromatic rings. The highest BCUT2D eigenvalue weighted by Gasteiger charge is 2.28. The molecule has 0 amide bonds. The van der Waals surface area contributed by atoms with Crippen LogP contribution in [0.25, 0.3) is 0 Å². The van der Waals surface area contributed by atoms with E-state index in [0.29, 0.717) is 6.04 Å². The zero-order valence-electron chi connectivity index (χ0n) is 11.0. The van der Waals surface area contributed by atoms with E-state index in [9.17, 15) is 5.11 Å². The minimum Gasteiger partial charge on any atom is -0.389 e. The molecule has 15 heavy (non-hydrogen) atoms. The fourth-order valence-electron chi connectivity index (χ4n) is 2.66. The van der Waals surface area contributed by atoms with E-state index in [2.05, 4.69) is 25.8 Å².